The number of pyridine rings is 1. The lowest BCUT2D eigenvalue weighted by molar-refractivity contribution is -0.121. The van der Waals surface area contributed by atoms with Crippen molar-refractivity contribution in [3.05, 3.63) is 41.7 Å². The van der Waals surface area contributed by atoms with Gasteiger partial charge in [-0.1, -0.05) is 11.6 Å². The van der Waals surface area contributed by atoms with Crippen LogP contribution in [-0.2, 0) is 9.59 Å². The second-order valence-corrected chi connectivity index (χ2v) is 7.36. The van der Waals surface area contributed by atoms with Crippen molar-refractivity contribution in [2.75, 3.05) is 37.1 Å². The highest BCUT2D eigenvalue weighted by Gasteiger charge is 2.26. The number of halogens is 1. The standard InChI is InChI=1S/C20H21ClN4O4/c21-19-15(2-1-7-22-19)24-18(26)11-25-8-5-13(6-9-25)20(27)23-14-3-4-16-17(10-14)29-12-28-16/h1-4,7,10,13H,5-6,8-9,11-12H2,(H,23,27)(H,24,26). The minimum atomic E-state index is -0.150. The lowest BCUT2D eigenvalue weighted by atomic mass is 9.95. The molecule has 1 aromatic carbocycles. The fourth-order valence-electron chi connectivity index (χ4n) is 3.44. The second kappa shape index (κ2) is 8.67. The zero-order chi connectivity index (χ0) is 20.2. The van der Waals surface area contributed by atoms with Gasteiger partial charge in [0, 0.05) is 23.9 Å². The van der Waals surface area contributed by atoms with Crippen LogP contribution < -0.4 is 20.1 Å². The SMILES string of the molecule is O=C(CN1CCC(C(=O)Nc2ccc3c(c2)OCO3)CC1)Nc1cccnc1Cl. The van der Waals surface area contributed by atoms with Crippen molar-refractivity contribution in [1.82, 2.24) is 9.88 Å². The van der Waals surface area contributed by atoms with Crippen LogP contribution in [0.25, 0.3) is 0 Å². The number of piperidine rings is 1. The number of nitrogens with zero attached hydrogens (tertiary/aromatic N) is 2. The smallest absolute Gasteiger partial charge is 0.238 e. The van der Waals surface area contributed by atoms with Gasteiger partial charge in [-0.2, -0.15) is 0 Å². The van der Waals surface area contributed by atoms with E-state index in [1.54, 1.807) is 36.5 Å². The van der Waals surface area contributed by atoms with E-state index in [0.29, 0.717) is 48.8 Å². The maximum absolute atomic E-state index is 12.6. The molecule has 152 valence electrons. The molecule has 8 nitrogen and oxygen atoms in total. The molecular formula is C20H21ClN4O4. The average molecular weight is 417 g/mol. The molecule has 9 heteroatoms. The predicted molar refractivity (Wildman–Crippen MR) is 108 cm³/mol. The van der Waals surface area contributed by atoms with Crippen LogP contribution in [0.5, 0.6) is 11.5 Å². The Hall–Kier alpha value is -2.84. The van der Waals surface area contributed by atoms with Gasteiger partial charge in [0.1, 0.15) is 0 Å². The number of ether oxygens (including phenoxy) is 2. The van der Waals surface area contributed by atoms with Gasteiger partial charge in [-0.15, -0.1) is 0 Å². The van der Waals surface area contributed by atoms with Crippen LogP contribution in [0, 0.1) is 5.92 Å². The Balaban J connectivity index is 1.24. The molecule has 0 unspecified atom stereocenters. The van der Waals surface area contributed by atoms with Gasteiger partial charge >= 0.3 is 0 Å². The number of rotatable bonds is 5. The van der Waals surface area contributed by atoms with E-state index < -0.39 is 0 Å². The van der Waals surface area contributed by atoms with Crippen molar-refractivity contribution in [2.24, 2.45) is 5.92 Å². The first kappa shape index (κ1) is 19.5. The van der Waals surface area contributed by atoms with Crippen molar-refractivity contribution < 1.29 is 19.1 Å². The molecule has 2 aliphatic rings. The normalized spacial score (nSPS) is 16.4. The molecule has 1 saturated heterocycles. The third-order valence-corrected chi connectivity index (χ3v) is 5.30. The Morgan fingerprint density at radius 3 is 2.72 bits per heavy atom. The van der Waals surface area contributed by atoms with E-state index in [2.05, 4.69) is 15.6 Å². The number of hydrogen-bond acceptors (Lipinski definition) is 6. The molecule has 1 aromatic heterocycles. The first-order valence-electron chi connectivity index (χ1n) is 9.42. The lowest BCUT2D eigenvalue weighted by Gasteiger charge is -2.30. The van der Waals surface area contributed by atoms with Crippen molar-refractivity contribution in [3.63, 3.8) is 0 Å². The fraction of sp³-hybridized carbons (Fsp3) is 0.350. The highest BCUT2D eigenvalue weighted by molar-refractivity contribution is 6.32. The number of carbonyl (C=O) groups excluding carboxylic acids is 2. The van der Waals surface area contributed by atoms with Gasteiger partial charge in [-0.05, 0) is 50.2 Å². The second-order valence-electron chi connectivity index (χ2n) is 7.00. The molecule has 3 heterocycles. The van der Waals surface area contributed by atoms with Gasteiger partial charge in [0.2, 0.25) is 18.6 Å². The van der Waals surface area contributed by atoms with Crippen LogP contribution in [-0.4, -0.2) is 48.1 Å². The van der Waals surface area contributed by atoms with E-state index in [9.17, 15) is 9.59 Å². The van der Waals surface area contributed by atoms with Gasteiger partial charge < -0.3 is 20.1 Å². The van der Waals surface area contributed by atoms with Gasteiger partial charge in [-0.25, -0.2) is 4.98 Å². The lowest BCUT2D eigenvalue weighted by Crippen LogP contribution is -2.41. The number of hydrogen-bond donors (Lipinski definition) is 2. The van der Waals surface area contributed by atoms with Gasteiger partial charge in [0.25, 0.3) is 0 Å². The highest BCUT2D eigenvalue weighted by Crippen LogP contribution is 2.34. The molecule has 2 aromatic rings. The summed E-state index contributed by atoms with van der Waals surface area (Å²) in [5.74, 6) is 1.06. The average Bonchev–Trinajstić information content (AvgIpc) is 3.18. The molecule has 4 rings (SSSR count). The summed E-state index contributed by atoms with van der Waals surface area (Å²) in [5.41, 5.74) is 1.19. The fourth-order valence-corrected chi connectivity index (χ4v) is 3.61. The number of nitrogens with one attached hydrogen (secondary N) is 2. The molecule has 1 fully saturated rings. The van der Waals surface area contributed by atoms with Crippen molar-refractivity contribution >= 4 is 34.8 Å². The number of anilines is 2. The Kier molecular flexibility index (Phi) is 5.82. The van der Waals surface area contributed by atoms with Gasteiger partial charge in [-0.3, -0.25) is 14.5 Å². The van der Waals surface area contributed by atoms with E-state index >= 15 is 0 Å². The maximum atomic E-state index is 12.6. The molecule has 2 aliphatic heterocycles. The van der Waals surface area contributed by atoms with Crippen LogP contribution in [0.1, 0.15) is 12.8 Å². The minimum absolute atomic E-state index is 0.0184. The molecule has 0 saturated carbocycles. The Bertz CT molecular complexity index is 915. The number of likely N-dealkylation sites (tertiary alicyclic amines) is 1. The summed E-state index contributed by atoms with van der Waals surface area (Å²) < 4.78 is 10.6. The van der Waals surface area contributed by atoms with Crippen LogP contribution in [0.3, 0.4) is 0 Å². The molecule has 0 aliphatic carbocycles. The Morgan fingerprint density at radius 2 is 1.93 bits per heavy atom. The van der Waals surface area contributed by atoms with E-state index in [1.165, 1.54) is 0 Å². The van der Waals surface area contributed by atoms with Crippen LogP contribution in [0.2, 0.25) is 5.15 Å². The number of fused-ring (bicyclic) bond motifs is 1. The van der Waals surface area contributed by atoms with Crippen LogP contribution in [0.15, 0.2) is 36.5 Å². The maximum Gasteiger partial charge on any atom is 0.238 e. The first-order valence-corrected chi connectivity index (χ1v) is 9.79. The molecule has 0 atom stereocenters. The van der Waals surface area contributed by atoms with E-state index in [1.807, 2.05) is 4.90 Å². The van der Waals surface area contributed by atoms with Gasteiger partial charge in [0.15, 0.2) is 16.7 Å². The molecule has 0 radical (unpaired) electrons. The Labute approximate surface area is 173 Å². The van der Waals surface area contributed by atoms with Gasteiger partial charge in [0.05, 0.1) is 12.2 Å². The summed E-state index contributed by atoms with van der Waals surface area (Å²) in [6.45, 7) is 1.80. The van der Waals surface area contributed by atoms with Crippen molar-refractivity contribution in [1.29, 1.82) is 0 Å². The van der Waals surface area contributed by atoms with E-state index in [0.717, 1.165) is 0 Å². The quantitative estimate of drug-likeness (QED) is 0.728. The van der Waals surface area contributed by atoms with Crippen LogP contribution >= 0.6 is 11.6 Å². The highest BCUT2D eigenvalue weighted by atomic mass is 35.5. The number of carbonyl (C=O) groups is 2. The summed E-state index contributed by atoms with van der Waals surface area (Å²) in [4.78, 5) is 30.8. The molecule has 2 N–H and O–H groups in total. The topological polar surface area (TPSA) is 92.8 Å². The largest absolute Gasteiger partial charge is 0.454 e. The molecule has 29 heavy (non-hydrogen) atoms. The minimum Gasteiger partial charge on any atom is -0.454 e. The van der Waals surface area contributed by atoms with Crippen LogP contribution in [0.4, 0.5) is 11.4 Å². The summed E-state index contributed by atoms with van der Waals surface area (Å²) in [7, 11) is 0. The zero-order valence-electron chi connectivity index (χ0n) is 15.7. The monoisotopic (exact) mass is 416 g/mol. The van der Waals surface area contributed by atoms with Crippen molar-refractivity contribution in [2.45, 2.75) is 12.8 Å². The summed E-state index contributed by atoms with van der Waals surface area (Å²) in [6.07, 6.45) is 2.95. The molecule has 0 bridgehead atoms. The zero-order valence-corrected chi connectivity index (χ0v) is 16.4. The van der Waals surface area contributed by atoms with Crippen molar-refractivity contribution in [3.8, 4) is 11.5 Å². The molecule has 2 amide bonds. The number of benzene rings is 1. The Morgan fingerprint density at radius 1 is 1.14 bits per heavy atom. The number of aromatic nitrogens is 1. The summed E-state index contributed by atoms with van der Waals surface area (Å²) >= 11 is 5.96. The molecular weight excluding hydrogens is 396 g/mol. The number of amides is 2. The first-order chi connectivity index (χ1) is 14.1. The summed E-state index contributed by atoms with van der Waals surface area (Å²) in [6, 6.07) is 8.77. The molecule has 0 spiro atoms. The summed E-state index contributed by atoms with van der Waals surface area (Å²) in [5, 5.41) is 5.97. The third kappa shape index (κ3) is 4.78. The third-order valence-electron chi connectivity index (χ3n) is 5.00. The van der Waals surface area contributed by atoms with E-state index in [4.69, 9.17) is 21.1 Å². The predicted octanol–water partition coefficient (Wildman–Crippen LogP) is 2.75. The van der Waals surface area contributed by atoms with E-state index in [-0.39, 0.29) is 36.2 Å².